The summed E-state index contributed by atoms with van der Waals surface area (Å²) in [6.45, 7) is 0.427. The Kier molecular flexibility index (Phi) is 5.88. The molecular formula is C26H18BrN3OS. The Morgan fingerprint density at radius 1 is 0.938 bits per heavy atom. The van der Waals surface area contributed by atoms with Gasteiger partial charge < -0.3 is 5.32 Å². The lowest BCUT2D eigenvalue weighted by atomic mass is 10.0. The number of fused-ring (bicyclic) bond motifs is 2. The van der Waals surface area contributed by atoms with Crippen LogP contribution in [0, 0.1) is 0 Å². The van der Waals surface area contributed by atoms with Gasteiger partial charge in [0.2, 0.25) is 0 Å². The topological polar surface area (TPSA) is 54.4 Å². The maximum Gasteiger partial charge on any atom is 0.251 e. The fourth-order valence-electron chi connectivity index (χ4n) is 3.53. The third-order valence-electron chi connectivity index (χ3n) is 5.09. The van der Waals surface area contributed by atoms with Gasteiger partial charge in [-0.15, -0.1) is 0 Å². The van der Waals surface area contributed by atoms with Crippen molar-refractivity contribution < 1.29 is 4.79 Å². The summed E-state index contributed by atoms with van der Waals surface area (Å²) in [5.41, 5.74) is 5.31. The SMILES string of the molecule is O=C(NCc1cccnc1)c1ccc2c(c1)N=C(c1cccc(Br)c1)c1ccccc1S2. The number of hydrogen-bond donors (Lipinski definition) is 1. The summed E-state index contributed by atoms with van der Waals surface area (Å²) >= 11 is 5.24. The fraction of sp³-hybridized carbons (Fsp3) is 0.0385. The minimum Gasteiger partial charge on any atom is -0.348 e. The van der Waals surface area contributed by atoms with Gasteiger partial charge in [-0.05, 0) is 48.0 Å². The Morgan fingerprint density at radius 3 is 2.69 bits per heavy atom. The molecule has 0 radical (unpaired) electrons. The van der Waals surface area contributed by atoms with Crippen LogP contribution in [0.5, 0.6) is 0 Å². The molecule has 3 aromatic carbocycles. The van der Waals surface area contributed by atoms with Crippen LogP contribution in [-0.4, -0.2) is 16.6 Å². The second-order valence-electron chi connectivity index (χ2n) is 7.30. The van der Waals surface area contributed by atoms with Gasteiger partial charge in [0, 0.05) is 49.9 Å². The number of hydrogen-bond acceptors (Lipinski definition) is 4. The van der Waals surface area contributed by atoms with E-state index in [1.165, 1.54) is 0 Å². The first-order valence-electron chi connectivity index (χ1n) is 10.1. The van der Waals surface area contributed by atoms with E-state index < -0.39 is 0 Å². The third kappa shape index (κ3) is 4.38. The van der Waals surface area contributed by atoms with Crippen LogP contribution in [0.1, 0.15) is 27.0 Å². The van der Waals surface area contributed by atoms with E-state index in [0.29, 0.717) is 12.1 Å². The monoisotopic (exact) mass is 499 g/mol. The molecule has 0 unspecified atom stereocenters. The lowest BCUT2D eigenvalue weighted by Gasteiger charge is -2.09. The molecule has 1 aliphatic heterocycles. The van der Waals surface area contributed by atoms with Gasteiger partial charge in [-0.3, -0.25) is 9.78 Å². The number of halogens is 1. The predicted molar refractivity (Wildman–Crippen MR) is 132 cm³/mol. The fourth-order valence-corrected chi connectivity index (χ4v) is 4.93. The smallest absolute Gasteiger partial charge is 0.251 e. The summed E-state index contributed by atoms with van der Waals surface area (Å²) in [5, 5.41) is 2.96. The van der Waals surface area contributed by atoms with Gasteiger partial charge in [0.15, 0.2) is 0 Å². The van der Waals surface area contributed by atoms with Gasteiger partial charge in [-0.25, -0.2) is 4.99 Å². The number of nitrogens with one attached hydrogen (secondary N) is 1. The molecule has 0 bridgehead atoms. The molecule has 0 aliphatic carbocycles. The molecule has 0 saturated carbocycles. The van der Waals surface area contributed by atoms with E-state index in [4.69, 9.17) is 4.99 Å². The van der Waals surface area contributed by atoms with E-state index in [9.17, 15) is 4.79 Å². The van der Waals surface area contributed by atoms with E-state index in [1.807, 2.05) is 54.6 Å². The Morgan fingerprint density at radius 2 is 1.84 bits per heavy atom. The van der Waals surface area contributed by atoms with Gasteiger partial charge in [0.1, 0.15) is 0 Å². The molecule has 1 aromatic heterocycles. The van der Waals surface area contributed by atoms with Crippen molar-refractivity contribution in [3.63, 3.8) is 0 Å². The van der Waals surface area contributed by atoms with E-state index in [2.05, 4.69) is 50.5 Å². The number of carbonyl (C=O) groups is 1. The Bertz CT molecular complexity index is 1340. The molecule has 1 amide bonds. The molecule has 2 heterocycles. The number of amides is 1. The number of aliphatic imine (C=N–C) groups is 1. The summed E-state index contributed by atoms with van der Waals surface area (Å²) < 4.78 is 0.996. The highest BCUT2D eigenvalue weighted by molar-refractivity contribution is 9.10. The molecule has 156 valence electrons. The van der Waals surface area contributed by atoms with Crippen molar-refractivity contribution >= 4 is 45.0 Å². The van der Waals surface area contributed by atoms with Crippen LogP contribution in [0.25, 0.3) is 0 Å². The van der Waals surface area contributed by atoms with Crippen molar-refractivity contribution in [2.75, 3.05) is 0 Å². The summed E-state index contributed by atoms with van der Waals surface area (Å²) in [4.78, 5) is 24.1. The van der Waals surface area contributed by atoms with Gasteiger partial charge >= 0.3 is 0 Å². The number of benzene rings is 3. The zero-order valence-electron chi connectivity index (χ0n) is 17.0. The molecule has 0 fully saturated rings. The standard InChI is InChI=1S/C26H18BrN3OS/c27-20-7-3-6-18(13-20)25-21-8-1-2-9-23(21)32-24-11-10-19(14-22(24)30-25)26(31)29-16-17-5-4-12-28-15-17/h1-15H,16H2,(H,29,31). The van der Waals surface area contributed by atoms with Gasteiger partial charge in [-0.1, -0.05) is 64.1 Å². The lowest BCUT2D eigenvalue weighted by molar-refractivity contribution is 0.0951. The maximum absolute atomic E-state index is 12.8. The second-order valence-corrected chi connectivity index (χ2v) is 9.29. The minimum absolute atomic E-state index is 0.136. The van der Waals surface area contributed by atoms with Crippen LogP contribution >= 0.6 is 27.7 Å². The predicted octanol–water partition coefficient (Wildman–Crippen LogP) is 6.41. The van der Waals surface area contributed by atoms with Crippen LogP contribution in [0.15, 0.2) is 111 Å². The normalized spacial score (nSPS) is 12.2. The average molecular weight is 500 g/mol. The zero-order valence-corrected chi connectivity index (χ0v) is 19.4. The van der Waals surface area contributed by atoms with Crippen LogP contribution in [0.2, 0.25) is 0 Å². The third-order valence-corrected chi connectivity index (χ3v) is 6.72. The maximum atomic E-state index is 12.8. The van der Waals surface area contributed by atoms with E-state index >= 15 is 0 Å². The summed E-state index contributed by atoms with van der Waals surface area (Å²) in [7, 11) is 0. The van der Waals surface area contributed by atoms with Crippen molar-refractivity contribution in [2.24, 2.45) is 4.99 Å². The molecule has 6 heteroatoms. The van der Waals surface area contributed by atoms with E-state index in [1.54, 1.807) is 24.2 Å². The Labute approximate surface area is 199 Å². The Hall–Kier alpha value is -3.22. The van der Waals surface area contributed by atoms with Crippen molar-refractivity contribution in [1.29, 1.82) is 0 Å². The van der Waals surface area contributed by atoms with E-state index in [0.717, 1.165) is 42.4 Å². The molecule has 0 spiro atoms. The number of carbonyl (C=O) groups excluding carboxylic acids is 1. The molecule has 4 nitrogen and oxygen atoms in total. The highest BCUT2D eigenvalue weighted by Crippen LogP contribution is 2.41. The molecule has 4 aromatic rings. The lowest BCUT2D eigenvalue weighted by Crippen LogP contribution is -2.22. The van der Waals surface area contributed by atoms with Gasteiger partial charge in [-0.2, -0.15) is 0 Å². The van der Waals surface area contributed by atoms with Crippen LogP contribution in [0.4, 0.5) is 5.69 Å². The number of rotatable bonds is 4. The van der Waals surface area contributed by atoms with Gasteiger partial charge in [0.05, 0.1) is 11.4 Å². The molecule has 1 aliphatic rings. The van der Waals surface area contributed by atoms with Crippen LogP contribution in [-0.2, 0) is 6.54 Å². The number of nitrogens with zero attached hydrogens (tertiary/aromatic N) is 2. The van der Waals surface area contributed by atoms with E-state index in [-0.39, 0.29) is 5.91 Å². The summed E-state index contributed by atoms with van der Waals surface area (Å²) in [6, 6.07) is 25.9. The van der Waals surface area contributed by atoms with Gasteiger partial charge in [0.25, 0.3) is 5.91 Å². The number of aromatic nitrogens is 1. The zero-order chi connectivity index (χ0) is 21.9. The second kappa shape index (κ2) is 9.10. The van der Waals surface area contributed by atoms with Crippen LogP contribution in [0.3, 0.4) is 0 Å². The highest BCUT2D eigenvalue weighted by atomic mass is 79.9. The van der Waals surface area contributed by atoms with Crippen LogP contribution < -0.4 is 5.32 Å². The minimum atomic E-state index is -0.136. The molecule has 0 saturated heterocycles. The van der Waals surface area contributed by atoms with Crippen molar-refractivity contribution in [2.45, 2.75) is 16.3 Å². The van der Waals surface area contributed by atoms with Crippen molar-refractivity contribution in [3.05, 3.63) is 118 Å². The summed E-state index contributed by atoms with van der Waals surface area (Å²) in [5.74, 6) is -0.136. The molecule has 32 heavy (non-hydrogen) atoms. The first-order chi connectivity index (χ1) is 15.7. The highest BCUT2D eigenvalue weighted by Gasteiger charge is 2.20. The van der Waals surface area contributed by atoms with Crippen molar-refractivity contribution in [1.82, 2.24) is 10.3 Å². The molecule has 1 N–H and O–H groups in total. The Balaban J connectivity index is 1.52. The molecule has 5 rings (SSSR count). The molecule has 0 atom stereocenters. The first-order valence-corrected chi connectivity index (χ1v) is 11.7. The molecular weight excluding hydrogens is 482 g/mol. The van der Waals surface area contributed by atoms with Crippen molar-refractivity contribution in [3.8, 4) is 0 Å². The average Bonchev–Trinajstić information content (AvgIpc) is 2.99. The largest absolute Gasteiger partial charge is 0.348 e. The first kappa shape index (κ1) is 20.7. The number of pyridine rings is 1. The quantitative estimate of drug-likeness (QED) is 0.310. The summed E-state index contributed by atoms with van der Waals surface area (Å²) in [6.07, 6.45) is 3.47.